The molecule has 0 aliphatic rings. The minimum Gasteiger partial charge on any atom is -0.451 e. The minimum absolute atomic E-state index is 0.0865. The van der Waals surface area contributed by atoms with Crippen molar-refractivity contribution in [2.45, 2.75) is 25.5 Å². The molecule has 0 spiro atoms. The van der Waals surface area contributed by atoms with Crippen LogP contribution in [0, 0.1) is 0 Å². The van der Waals surface area contributed by atoms with Crippen LogP contribution < -0.4 is 16.4 Å². The topological polar surface area (TPSA) is 143 Å². The number of para-hydroxylation sites is 1. The normalized spacial score (nSPS) is 12.6. The lowest BCUT2D eigenvalue weighted by molar-refractivity contribution is -0.156. The smallest absolute Gasteiger partial charge is 0.329 e. The molecule has 3 rings (SSSR count). The van der Waals surface area contributed by atoms with Crippen LogP contribution in [0.5, 0.6) is 0 Å². The molecule has 4 amide bonds. The third-order valence-corrected chi connectivity index (χ3v) is 5.05. The van der Waals surface area contributed by atoms with Crippen LogP contribution in [0.25, 0.3) is 10.9 Å². The quantitative estimate of drug-likeness (QED) is 0.403. The summed E-state index contributed by atoms with van der Waals surface area (Å²) in [5, 5.41) is 5.56. The van der Waals surface area contributed by atoms with Gasteiger partial charge in [-0.05, 0) is 30.7 Å². The maximum absolute atomic E-state index is 12.9. The van der Waals surface area contributed by atoms with Gasteiger partial charge in [0.1, 0.15) is 6.04 Å². The maximum Gasteiger partial charge on any atom is 0.329 e. The fourth-order valence-corrected chi connectivity index (χ4v) is 3.35. The molecule has 0 fully saturated rings. The Labute approximate surface area is 188 Å². The fraction of sp³-hybridized carbons (Fsp3) is 0.182. The maximum atomic E-state index is 12.9. The van der Waals surface area contributed by atoms with Gasteiger partial charge in [-0.1, -0.05) is 41.9 Å². The van der Waals surface area contributed by atoms with E-state index < -0.39 is 36.0 Å². The van der Waals surface area contributed by atoms with Crippen molar-refractivity contribution in [3.63, 3.8) is 0 Å². The second kappa shape index (κ2) is 9.97. The average molecular weight is 457 g/mol. The summed E-state index contributed by atoms with van der Waals surface area (Å²) in [6.45, 7) is 1.29. The highest BCUT2D eigenvalue weighted by Gasteiger charge is 2.28. The Bertz CT molecular complexity index is 1180. The van der Waals surface area contributed by atoms with Gasteiger partial charge in [-0.2, -0.15) is 0 Å². The van der Waals surface area contributed by atoms with Crippen LogP contribution >= 0.6 is 11.6 Å². The summed E-state index contributed by atoms with van der Waals surface area (Å²) in [7, 11) is 0. The SMILES string of the molecule is C[C@@H](OC(=O)[C@@H](Cc1c[nH]c2ccccc12)NC(=O)c1ccccc1Cl)C(=O)NC(N)=O. The highest BCUT2D eigenvalue weighted by molar-refractivity contribution is 6.33. The number of ether oxygens (including phenoxy) is 1. The van der Waals surface area contributed by atoms with Crippen molar-refractivity contribution in [1.29, 1.82) is 0 Å². The number of primary amides is 1. The number of hydrogen-bond donors (Lipinski definition) is 4. The fourth-order valence-electron chi connectivity index (χ4n) is 3.13. The van der Waals surface area contributed by atoms with Gasteiger partial charge in [0, 0.05) is 23.5 Å². The van der Waals surface area contributed by atoms with Gasteiger partial charge in [0.2, 0.25) is 0 Å². The predicted octanol–water partition coefficient (Wildman–Crippen LogP) is 2.29. The lowest BCUT2D eigenvalue weighted by Gasteiger charge is -2.20. The Balaban J connectivity index is 1.83. The second-order valence-corrected chi connectivity index (χ2v) is 7.41. The van der Waals surface area contributed by atoms with Crippen molar-refractivity contribution in [3.05, 3.63) is 70.9 Å². The van der Waals surface area contributed by atoms with Crippen LogP contribution in [0.1, 0.15) is 22.8 Å². The number of halogens is 1. The highest BCUT2D eigenvalue weighted by atomic mass is 35.5. The molecule has 5 N–H and O–H groups in total. The molecule has 32 heavy (non-hydrogen) atoms. The summed E-state index contributed by atoms with van der Waals surface area (Å²) in [5.74, 6) is -2.32. The summed E-state index contributed by atoms with van der Waals surface area (Å²) < 4.78 is 5.19. The zero-order valence-electron chi connectivity index (χ0n) is 17.1. The van der Waals surface area contributed by atoms with Gasteiger partial charge >= 0.3 is 12.0 Å². The zero-order valence-corrected chi connectivity index (χ0v) is 17.8. The van der Waals surface area contributed by atoms with Gasteiger partial charge in [-0.3, -0.25) is 14.9 Å². The average Bonchev–Trinajstić information content (AvgIpc) is 3.15. The van der Waals surface area contributed by atoms with E-state index in [2.05, 4.69) is 10.3 Å². The van der Waals surface area contributed by atoms with E-state index in [-0.39, 0.29) is 17.0 Å². The van der Waals surface area contributed by atoms with E-state index in [9.17, 15) is 19.2 Å². The van der Waals surface area contributed by atoms with Gasteiger partial charge in [0.25, 0.3) is 11.8 Å². The number of urea groups is 1. The number of carbonyl (C=O) groups is 4. The number of amides is 4. The number of nitrogens with one attached hydrogen (secondary N) is 3. The first-order chi connectivity index (χ1) is 15.3. The molecule has 0 radical (unpaired) electrons. The van der Waals surface area contributed by atoms with Crippen molar-refractivity contribution in [2.24, 2.45) is 5.73 Å². The minimum atomic E-state index is -1.31. The molecule has 9 nitrogen and oxygen atoms in total. The number of aromatic nitrogens is 1. The van der Waals surface area contributed by atoms with Crippen molar-refractivity contribution < 1.29 is 23.9 Å². The molecule has 3 aromatic rings. The standard InChI is InChI=1S/C22H21ClN4O5/c1-12(19(28)27-22(24)31)32-21(30)18(26-20(29)15-7-2-4-8-16(15)23)10-13-11-25-17-9-5-3-6-14(13)17/h2-9,11-12,18,25H,10H2,1H3,(H,26,29)(H3,24,27,28,31)/t12-,18-/m1/s1. The molecule has 0 saturated heterocycles. The number of fused-ring (bicyclic) bond motifs is 1. The molecule has 1 aromatic heterocycles. The number of carbonyl (C=O) groups excluding carboxylic acids is 4. The number of benzene rings is 2. The summed E-state index contributed by atoms with van der Waals surface area (Å²) in [6.07, 6.45) is 0.511. The van der Waals surface area contributed by atoms with Gasteiger partial charge in [-0.25, -0.2) is 9.59 Å². The molecular weight excluding hydrogens is 436 g/mol. The summed E-state index contributed by atoms with van der Waals surface area (Å²) in [5.41, 5.74) is 6.73. The summed E-state index contributed by atoms with van der Waals surface area (Å²) >= 11 is 6.10. The highest BCUT2D eigenvalue weighted by Crippen LogP contribution is 2.20. The molecule has 1 heterocycles. The first-order valence-corrected chi connectivity index (χ1v) is 10.0. The molecule has 0 unspecified atom stereocenters. The molecule has 166 valence electrons. The van der Waals surface area contributed by atoms with Crippen LogP contribution in [0.4, 0.5) is 4.79 Å². The van der Waals surface area contributed by atoms with Crippen LogP contribution in [0.2, 0.25) is 5.02 Å². The third kappa shape index (κ3) is 5.44. The molecular formula is C22H21ClN4O5. The van der Waals surface area contributed by atoms with Gasteiger partial charge < -0.3 is 20.8 Å². The van der Waals surface area contributed by atoms with Crippen LogP contribution in [0.15, 0.2) is 54.7 Å². The Morgan fingerprint density at radius 2 is 1.78 bits per heavy atom. The molecule has 2 aromatic carbocycles. The van der Waals surface area contributed by atoms with Gasteiger partial charge in [-0.15, -0.1) is 0 Å². The number of aromatic amines is 1. The Morgan fingerprint density at radius 3 is 2.50 bits per heavy atom. The number of hydrogen-bond acceptors (Lipinski definition) is 5. The summed E-state index contributed by atoms with van der Waals surface area (Å²) in [4.78, 5) is 51.5. The Hall–Kier alpha value is -3.85. The summed E-state index contributed by atoms with van der Waals surface area (Å²) in [6, 6.07) is 11.7. The monoisotopic (exact) mass is 456 g/mol. The van der Waals surface area contributed by atoms with Crippen molar-refractivity contribution in [2.75, 3.05) is 0 Å². The van der Waals surface area contributed by atoms with Crippen molar-refractivity contribution in [1.82, 2.24) is 15.6 Å². The first-order valence-electron chi connectivity index (χ1n) is 9.67. The van der Waals surface area contributed by atoms with Crippen molar-refractivity contribution >= 4 is 46.3 Å². The molecule has 0 aliphatic carbocycles. The second-order valence-electron chi connectivity index (χ2n) is 7.00. The van der Waals surface area contributed by atoms with E-state index in [1.807, 2.05) is 29.6 Å². The zero-order chi connectivity index (χ0) is 23.3. The van der Waals surface area contributed by atoms with E-state index in [0.717, 1.165) is 16.5 Å². The van der Waals surface area contributed by atoms with Gasteiger partial charge in [0.05, 0.1) is 10.6 Å². The predicted molar refractivity (Wildman–Crippen MR) is 118 cm³/mol. The Kier molecular flexibility index (Phi) is 7.11. The largest absolute Gasteiger partial charge is 0.451 e. The molecule has 10 heteroatoms. The van der Waals surface area contributed by atoms with Crippen molar-refractivity contribution in [3.8, 4) is 0 Å². The van der Waals surface area contributed by atoms with E-state index >= 15 is 0 Å². The van der Waals surface area contributed by atoms with E-state index in [1.54, 1.807) is 24.4 Å². The third-order valence-electron chi connectivity index (χ3n) is 4.72. The van der Waals surface area contributed by atoms with Crippen LogP contribution in [-0.2, 0) is 20.7 Å². The molecule has 2 atom stereocenters. The lowest BCUT2D eigenvalue weighted by Crippen LogP contribution is -2.47. The number of imide groups is 1. The Morgan fingerprint density at radius 1 is 1.09 bits per heavy atom. The number of esters is 1. The van der Waals surface area contributed by atoms with E-state index in [0.29, 0.717) is 0 Å². The van der Waals surface area contributed by atoms with Crippen LogP contribution in [0.3, 0.4) is 0 Å². The molecule has 0 bridgehead atoms. The first kappa shape index (κ1) is 22.8. The lowest BCUT2D eigenvalue weighted by atomic mass is 10.0. The molecule has 0 aliphatic heterocycles. The van der Waals surface area contributed by atoms with Crippen LogP contribution in [-0.4, -0.2) is 40.9 Å². The number of rotatable bonds is 7. The number of H-pyrrole nitrogens is 1. The van der Waals surface area contributed by atoms with Gasteiger partial charge in [0.15, 0.2) is 6.10 Å². The number of nitrogens with two attached hydrogens (primary N) is 1. The van der Waals surface area contributed by atoms with E-state index in [4.69, 9.17) is 22.1 Å². The molecule has 0 saturated carbocycles. The van der Waals surface area contributed by atoms with E-state index in [1.165, 1.54) is 13.0 Å².